The minimum atomic E-state index is 0.119. The third-order valence-electron chi connectivity index (χ3n) is 2.16. The maximum atomic E-state index is 5.51. The van der Waals surface area contributed by atoms with Crippen LogP contribution in [0.15, 0.2) is 0 Å². The molecule has 0 saturated carbocycles. The van der Waals surface area contributed by atoms with Crippen LogP contribution in [0.25, 0.3) is 0 Å². The van der Waals surface area contributed by atoms with E-state index in [0.29, 0.717) is 4.11 Å². The molecule has 0 amide bonds. The number of hydrogen-bond acceptors (Lipinski definition) is 3. The molecule has 2 aliphatic rings. The van der Waals surface area contributed by atoms with Crippen LogP contribution in [0.3, 0.4) is 0 Å². The average molecular weight is 284 g/mol. The summed E-state index contributed by atoms with van der Waals surface area (Å²) in [4.78, 5) is 0. The molecule has 0 aromatic carbocycles. The van der Waals surface area contributed by atoms with Crippen LogP contribution >= 0.6 is 0 Å². The molecule has 0 aliphatic carbocycles. The van der Waals surface area contributed by atoms with E-state index in [-0.39, 0.29) is 21.5 Å². The van der Waals surface area contributed by atoms with Crippen molar-refractivity contribution in [3.63, 3.8) is 0 Å². The number of alkyl halides is 1. The molecule has 0 N–H and O–H groups in total. The van der Waals surface area contributed by atoms with E-state index in [1.54, 1.807) is 0 Å². The van der Waals surface area contributed by atoms with Gasteiger partial charge < -0.3 is 0 Å². The molecule has 2 rings (SSSR count). The topological polar surface area (TPSA) is 21.7 Å². The third-order valence-corrected chi connectivity index (χ3v) is 6.05. The third kappa shape index (κ3) is 2.10. The maximum absolute atomic E-state index is 5.51. The van der Waals surface area contributed by atoms with Gasteiger partial charge >= 0.3 is 83.9 Å². The zero-order valence-corrected chi connectivity index (χ0v) is 9.49. The predicted octanol–water partition coefficient (Wildman–Crippen LogP) is -2.68. The quantitative estimate of drug-likeness (QED) is 0.313. The number of ether oxygens (including phenoxy) is 2. The van der Waals surface area contributed by atoms with E-state index in [9.17, 15) is 0 Å². The van der Waals surface area contributed by atoms with Crippen molar-refractivity contribution in [2.75, 3.05) is 32.9 Å². The van der Waals surface area contributed by atoms with E-state index in [1.165, 1.54) is 0 Å². The van der Waals surface area contributed by atoms with Gasteiger partial charge in [0.1, 0.15) is 0 Å². The van der Waals surface area contributed by atoms with E-state index in [1.807, 2.05) is 0 Å². The first kappa shape index (κ1) is 9.18. The molecule has 0 aromatic rings. The Kier molecular flexibility index (Phi) is 3.22. The fraction of sp³-hybridized carbons (Fsp3) is 1.00. The SMILES string of the molecule is C[C@@H]1COC1[I-]N1CCOCC1. The van der Waals surface area contributed by atoms with Crippen molar-refractivity contribution in [3.8, 4) is 0 Å². The molecule has 2 fully saturated rings. The zero-order valence-electron chi connectivity index (χ0n) is 7.33. The molecule has 2 heterocycles. The van der Waals surface area contributed by atoms with Crippen molar-refractivity contribution in [1.82, 2.24) is 3.11 Å². The molecular formula is C8H15INO2-. The minimum absolute atomic E-state index is 0.119. The Morgan fingerprint density at radius 2 is 2.08 bits per heavy atom. The summed E-state index contributed by atoms with van der Waals surface area (Å²) in [6, 6.07) is 0. The van der Waals surface area contributed by atoms with Crippen LogP contribution < -0.4 is 21.5 Å². The molecule has 0 radical (unpaired) electrons. The zero-order chi connectivity index (χ0) is 8.39. The first-order chi connectivity index (χ1) is 5.86. The summed E-state index contributed by atoms with van der Waals surface area (Å²) >= 11 is 0.119. The Labute approximate surface area is 84.0 Å². The summed E-state index contributed by atoms with van der Waals surface area (Å²) in [6.07, 6.45) is 0. The van der Waals surface area contributed by atoms with E-state index in [4.69, 9.17) is 9.47 Å². The summed E-state index contributed by atoms with van der Waals surface area (Å²) in [5, 5.41) is 0. The van der Waals surface area contributed by atoms with Gasteiger partial charge in [0.25, 0.3) is 0 Å². The Morgan fingerprint density at radius 1 is 1.33 bits per heavy atom. The molecule has 4 heteroatoms. The van der Waals surface area contributed by atoms with Gasteiger partial charge in [0, 0.05) is 0 Å². The van der Waals surface area contributed by atoms with Crippen molar-refractivity contribution in [2.24, 2.45) is 5.92 Å². The van der Waals surface area contributed by atoms with E-state index >= 15 is 0 Å². The number of rotatable bonds is 2. The van der Waals surface area contributed by atoms with Crippen molar-refractivity contribution in [3.05, 3.63) is 0 Å². The molecule has 0 aromatic heterocycles. The van der Waals surface area contributed by atoms with Crippen molar-refractivity contribution < 1.29 is 31.0 Å². The monoisotopic (exact) mass is 284 g/mol. The van der Waals surface area contributed by atoms with E-state index in [0.717, 1.165) is 38.8 Å². The van der Waals surface area contributed by atoms with E-state index in [2.05, 4.69) is 10.0 Å². The average Bonchev–Trinajstić information content (AvgIpc) is 2.14. The molecule has 2 saturated heterocycles. The summed E-state index contributed by atoms with van der Waals surface area (Å²) in [5.74, 6) is 0.806. The van der Waals surface area contributed by atoms with Gasteiger partial charge in [0.2, 0.25) is 0 Å². The summed E-state index contributed by atoms with van der Waals surface area (Å²) < 4.78 is 14.0. The fourth-order valence-electron chi connectivity index (χ4n) is 1.26. The Morgan fingerprint density at radius 3 is 2.58 bits per heavy atom. The van der Waals surface area contributed by atoms with Gasteiger partial charge in [0.15, 0.2) is 0 Å². The Hall–Kier alpha value is 0.610. The molecule has 12 heavy (non-hydrogen) atoms. The predicted molar refractivity (Wildman–Crippen MR) is 41.3 cm³/mol. The van der Waals surface area contributed by atoms with Crippen LogP contribution in [0, 0.1) is 5.92 Å². The molecule has 0 spiro atoms. The van der Waals surface area contributed by atoms with Crippen LogP contribution in [0.2, 0.25) is 0 Å². The standard InChI is InChI=1S/C8H15INO2/c1-7-6-12-8(7)9-10-2-4-11-5-3-10/h7-8H,2-6H2,1H3/q-1/t7-,8?/m1/s1. The number of halogens is 1. The number of nitrogens with zero attached hydrogens (tertiary/aromatic N) is 1. The molecule has 72 valence electrons. The molecule has 0 bridgehead atoms. The summed E-state index contributed by atoms with van der Waals surface area (Å²) in [7, 11) is 0. The van der Waals surface area contributed by atoms with Gasteiger partial charge in [-0.05, 0) is 0 Å². The molecule has 1 unspecified atom stereocenters. The second kappa shape index (κ2) is 4.21. The number of hydrogen-bond donors (Lipinski definition) is 0. The fourth-order valence-corrected chi connectivity index (χ4v) is 4.11. The van der Waals surface area contributed by atoms with Crippen LogP contribution in [-0.4, -0.2) is 40.1 Å². The normalized spacial score (nSPS) is 38.1. The first-order valence-electron chi connectivity index (χ1n) is 4.44. The van der Waals surface area contributed by atoms with E-state index < -0.39 is 0 Å². The number of morpholine rings is 1. The van der Waals surface area contributed by atoms with Gasteiger partial charge in [-0.3, -0.25) is 0 Å². The van der Waals surface area contributed by atoms with Gasteiger partial charge in [-0.25, -0.2) is 0 Å². The van der Waals surface area contributed by atoms with Crippen LogP contribution in [-0.2, 0) is 9.47 Å². The second-order valence-corrected chi connectivity index (χ2v) is 6.43. The first-order valence-corrected chi connectivity index (χ1v) is 6.65. The molecule has 2 aliphatic heterocycles. The van der Waals surface area contributed by atoms with Gasteiger partial charge in [-0.15, -0.1) is 0 Å². The Bertz CT molecular complexity index is 150. The molecular weight excluding hydrogens is 269 g/mol. The van der Waals surface area contributed by atoms with Gasteiger partial charge in [0.05, 0.1) is 0 Å². The van der Waals surface area contributed by atoms with Crippen LogP contribution in [0.1, 0.15) is 6.92 Å². The Balaban J connectivity index is 1.70. The van der Waals surface area contributed by atoms with Crippen molar-refractivity contribution >= 4 is 0 Å². The van der Waals surface area contributed by atoms with Crippen LogP contribution in [0.5, 0.6) is 0 Å². The van der Waals surface area contributed by atoms with Gasteiger partial charge in [-0.2, -0.15) is 0 Å². The van der Waals surface area contributed by atoms with Gasteiger partial charge in [-0.1, -0.05) is 0 Å². The summed E-state index contributed by atoms with van der Waals surface area (Å²) in [5.41, 5.74) is 0. The molecule has 3 nitrogen and oxygen atoms in total. The molecule has 2 atom stereocenters. The van der Waals surface area contributed by atoms with Crippen molar-refractivity contribution in [2.45, 2.75) is 11.0 Å². The second-order valence-electron chi connectivity index (χ2n) is 3.28. The van der Waals surface area contributed by atoms with Crippen molar-refractivity contribution in [1.29, 1.82) is 0 Å². The van der Waals surface area contributed by atoms with Crippen LogP contribution in [0.4, 0.5) is 0 Å². The summed E-state index contributed by atoms with van der Waals surface area (Å²) in [6.45, 7) is 7.35.